The molecule has 0 aromatic heterocycles. The topological polar surface area (TPSA) is 0 Å². The molecule has 100 valence electrons. The van der Waals surface area contributed by atoms with Gasteiger partial charge in [-0.2, -0.15) is 0 Å². The Kier molecular flexibility index (Phi) is 13.2. The zero-order chi connectivity index (χ0) is 13.0. The molecule has 1 aliphatic carbocycles. The third kappa shape index (κ3) is 7.30. The fourth-order valence-electron chi connectivity index (χ4n) is 2.42. The molecule has 0 aromatic carbocycles. The lowest BCUT2D eigenvalue weighted by Crippen LogP contribution is -2.22. The predicted octanol–water partition coefficient (Wildman–Crippen LogP) is 6.45. The summed E-state index contributed by atoms with van der Waals surface area (Å²) < 4.78 is 0. The van der Waals surface area contributed by atoms with Gasteiger partial charge in [-0.05, 0) is 24.2 Å². The highest BCUT2D eigenvalue weighted by atomic mass is 14.4. The summed E-state index contributed by atoms with van der Waals surface area (Å²) in [6.07, 6.45) is 9.82. The molecule has 0 heterocycles. The van der Waals surface area contributed by atoms with Gasteiger partial charge in [0.05, 0.1) is 0 Å². The van der Waals surface area contributed by atoms with E-state index in [1.807, 2.05) is 0 Å². The molecule has 0 bridgehead atoms. The number of hydrogen-bond acceptors (Lipinski definition) is 0. The summed E-state index contributed by atoms with van der Waals surface area (Å²) >= 11 is 0. The molecular weight excluding hydrogens is 192 g/mol. The Balaban J connectivity index is 0. The van der Waals surface area contributed by atoms with Gasteiger partial charge in [0.1, 0.15) is 0 Å². The maximum Gasteiger partial charge on any atom is -0.0277 e. The Morgan fingerprint density at radius 1 is 0.812 bits per heavy atom. The first-order valence-corrected chi connectivity index (χ1v) is 7.54. The van der Waals surface area contributed by atoms with Gasteiger partial charge in [0.15, 0.2) is 0 Å². The van der Waals surface area contributed by atoms with Crippen molar-refractivity contribution >= 4 is 0 Å². The van der Waals surface area contributed by atoms with Gasteiger partial charge in [0, 0.05) is 0 Å². The number of hydrogen-bond donors (Lipinski definition) is 0. The SMILES string of the molecule is CCC.CCC.CCC1(C(C)C)CCCC1. The van der Waals surface area contributed by atoms with E-state index < -0.39 is 0 Å². The van der Waals surface area contributed by atoms with Gasteiger partial charge in [-0.15, -0.1) is 0 Å². The van der Waals surface area contributed by atoms with Gasteiger partial charge in [-0.25, -0.2) is 0 Å². The molecule has 1 rings (SSSR count). The highest BCUT2D eigenvalue weighted by Gasteiger charge is 2.34. The maximum atomic E-state index is 2.38. The first-order chi connectivity index (χ1) is 7.54. The lowest BCUT2D eigenvalue weighted by atomic mass is 9.74. The van der Waals surface area contributed by atoms with E-state index in [0.29, 0.717) is 0 Å². The van der Waals surface area contributed by atoms with Crippen molar-refractivity contribution in [3.8, 4) is 0 Å². The second-order valence-corrected chi connectivity index (χ2v) is 5.49. The van der Waals surface area contributed by atoms with Crippen LogP contribution in [0.25, 0.3) is 0 Å². The molecule has 0 nitrogen and oxygen atoms in total. The molecule has 0 heteroatoms. The second kappa shape index (κ2) is 11.5. The minimum absolute atomic E-state index is 0.736. The minimum atomic E-state index is 0.736. The van der Waals surface area contributed by atoms with E-state index in [-0.39, 0.29) is 0 Å². The summed E-state index contributed by atoms with van der Waals surface area (Å²) in [7, 11) is 0. The van der Waals surface area contributed by atoms with E-state index in [9.17, 15) is 0 Å². The third-order valence-corrected chi connectivity index (χ3v) is 3.53. The largest absolute Gasteiger partial charge is 0.0656 e. The van der Waals surface area contributed by atoms with E-state index in [1.165, 1.54) is 44.9 Å². The zero-order valence-electron chi connectivity index (χ0n) is 13.0. The van der Waals surface area contributed by atoms with Gasteiger partial charge in [-0.3, -0.25) is 0 Å². The maximum absolute atomic E-state index is 2.38. The fourth-order valence-corrected chi connectivity index (χ4v) is 2.42. The molecule has 0 unspecified atom stereocenters. The van der Waals surface area contributed by atoms with Crippen LogP contribution in [0.3, 0.4) is 0 Å². The molecule has 0 aromatic rings. The standard InChI is InChI=1S/C10H20.2C3H8/c1-4-10(9(2)3)7-5-6-8-10;2*1-3-2/h9H,4-8H2,1-3H3;2*3H2,1-2H3. The van der Waals surface area contributed by atoms with Crippen LogP contribution >= 0.6 is 0 Å². The molecule has 1 aliphatic rings. The molecule has 0 saturated heterocycles. The summed E-state index contributed by atoms with van der Waals surface area (Å²) in [6, 6.07) is 0. The molecule has 16 heavy (non-hydrogen) atoms. The molecular formula is C16H36. The molecule has 0 aliphatic heterocycles. The lowest BCUT2D eigenvalue weighted by Gasteiger charge is -2.32. The van der Waals surface area contributed by atoms with Gasteiger partial charge < -0.3 is 0 Å². The third-order valence-electron chi connectivity index (χ3n) is 3.53. The zero-order valence-corrected chi connectivity index (χ0v) is 13.0. The fraction of sp³-hybridized carbons (Fsp3) is 1.00. The first-order valence-electron chi connectivity index (χ1n) is 7.54. The van der Waals surface area contributed by atoms with E-state index in [2.05, 4.69) is 48.5 Å². The van der Waals surface area contributed by atoms with Crippen molar-refractivity contribution in [2.45, 2.75) is 93.4 Å². The van der Waals surface area contributed by atoms with Crippen LogP contribution in [0.5, 0.6) is 0 Å². The molecule has 0 spiro atoms. The van der Waals surface area contributed by atoms with Gasteiger partial charge in [0.2, 0.25) is 0 Å². The Bertz CT molecular complexity index is 116. The van der Waals surface area contributed by atoms with Gasteiger partial charge in [0.25, 0.3) is 0 Å². The van der Waals surface area contributed by atoms with Crippen LogP contribution < -0.4 is 0 Å². The van der Waals surface area contributed by atoms with Crippen molar-refractivity contribution < 1.29 is 0 Å². The van der Waals surface area contributed by atoms with Crippen LogP contribution in [0.1, 0.15) is 93.4 Å². The van der Waals surface area contributed by atoms with Crippen LogP contribution in [0.2, 0.25) is 0 Å². The monoisotopic (exact) mass is 228 g/mol. The summed E-state index contributed by atoms with van der Waals surface area (Å²) in [5.41, 5.74) is 0.736. The summed E-state index contributed by atoms with van der Waals surface area (Å²) in [5, 5.41) is 0. The van der Waals surface area contributed by atoms with Crippen LogP contribution in [-0.2, 0) is 0 Å². The van der Waals surface area contributed by atoms with Crippen LogP contribution in [0.4, 0.5) is 0 Å². The first kappa shape index (κ1) is 18.4. The van der Waals surface area contributed by atoms with Gasteiger partial charge >= 0.3 is 0 Å². The smallest absolute Gasteiger partial charge is 0.0277 e. The molecule has 0 radical (unpaired) electrons. The Hall–Kier alpha value is 0. The Morgan fingerprint density at radius 2 is 1.12 bits per heavy atom. The highest BCUT2D eigenvalue weighted by molar-refractivity contribution is 4.85. The van der Waals surface area contributed by atoms with E-state index in [1.54, 1.807) is 0 Å². The second-order valence-electron chi connectivity index (χ2n) is 5.49. The molecule has 0 N–H and O–H groups in total. The van der Waals surface area contributed by atoms with Crippen molar-refractivity contribution in [1.29, 1.82) is 0 Å². The Morgan fingerprint density at radius 3 is 1.25 bits per heavy atom. The van der Waals surface area contributed by atoms with Crippen LogP contribution in [0, 0.1) is 11.3 Å². The summed E-state index contributed by atoms with van der Waals surface area (Å²) in [6.45, 7) is 15.6. The molecule has 0 atom stereocenters. The highest BCUT2D eigenvalue weighted by Crippen LogP contribution is 2.46. The Labute approximate surface area is 105 Å². The lowest BCUT2D eigenvalue weighted by molar-refractivity contribution is 0.188. The minimum Gasteiger partial charge on any atom is -0.0656 e. The summed E-state index contributed by atoms with van der Waals surface area (Å²) in [5.74, 6) is 0.903. The van der Waals surface area contributed by atoms with E-state index in [0.717, 1.165) is 11.3 Å². The van der Waals surface area contributed by atoms with Crippen molar-refractivity contribution in [1.82, 2.24) is 0 Å². The predicted molar refractivity (Wildman–Crippen MR) is 78.0 cm³/mol. The average Bonchev–Trinajstić information content (AvgIpc) is 2.69. The van der Waals surface area contributed by atoms with Crippen LogP contribution in [0.15, 0.2) is 0 Å². The van der Waals surface area contributed by atoms with Crippen LogP contribution in [-0.4, -0.2) is 0 Å². The van der Waals surface area contributed by atoms with Crippen molar-refractivity contribution in [3.05, 3.63) is 0 Å². The molecule has 1 fully saturated rings. The summed E-state index contributed by atoms with van der Waals surface area (Å²) in [4.78, 5) is 0. The van der Waals surface area contributed by atoms with Crippen molar-refractivity contribution in [3.63, 3.8) is 0 Å². The normalized spacial score (nSPS) is 17.2. The van der Waals surface area contributed by atoms with Crippen molar-refractivity contribution in [2.75, 3.05) is 0 Å². The van der Waals surface area contributed by atoms with Crippen molar-refractivity contribution in [2.24, 2.45) is 11.3 Å². The molecule has 1 saturated carbocycles. The van der Waals surface area contributed by atoms with E-state index >= 15 is 0 Å². The average molecular weight is 228 g/mol. The van der Waals surface area contributed by atoms with Gasteiger partial charge in [-0.1, -0.05) is 80.6 Å². The molecule has 0 amide bonds. The van der Waals surface area contributed by atoms with E-state index in [4.69, 9.17) is 0 Å². The quantitative estimate of drug-likeness (QED) is 0.510. The number of rotatable bonds is 2.